The normalized spacial score (nSPS) is 30.5. The van der Waals surface area contributed by atoms with Crippen LogP contribution >= 0.6 is 0 Å². The number of ether oxygens (including phenoxy) is 2. The lowest BCUT2D eigenvalue weighted by Crippen LogP contribution is -2.25. The molecule has 1 aromatic rings. The number of methoxy groups -OCH3 is 2. The molecule has 4 heteroatoms. The van der Waals surface area contributed by atoms with Crippen LogP contribution < -0.4 is 9.47 Å². The number of carbonyl (C=O) groups is 1. The van der Waals surface area contributed by atoms with Crippen molar-refractivity contribution >= 4 is 5.97 Å². The minimum atomic E-state index is -0.707. The number of rotatable bonds is 4. The van der Waals surface area contributed by atoms with E-state index in [-0.39, 0.29) is 17.8 Å². The van der Waals surface area contributed by atoms with E-state index in [1.165, 1.54) is 0 Å². The second-order valence-corrected chi connectivity index (χ2v) is 5.45. The molecule has 0 radical (unpaired) electrons. The summed E-state index contributed by atoms with van der Waals surface area (Å²) in [6, 6.07) is 5.72. The maximum absolute atomic E-state index is 11.6. The van der Waals surface area contributed by atoms with Gasteiger partial charge in [-0.15, -0.1) is 0 Å². The van der Waals surface area contributed by atoms with Gasteiger partial charge in [0.2, 0.25) is 0 Å². The van der Waals surface area contributed by atoms with Gasteiger partial charge >= 0.3 is 5.97 Å². The highest BCUT2D eigenvalue weighted by Crippen LogP contribution is 2.53. The minimum absolute atomic E-state index is 0.0299. The lowest BCUT2D eigenvalue weighted by atomic mass is 9.78. The van der Waals surface area contributed by atoms with Crippen molar-refractivity contribution in [3.63, 3.8) is 0 Å². The van der Waals surface area contributed by atoms with Crippen molar-refractivity contribution < 1.29 is 19.4 Å². The van der Waals surface area contributed by atoms with Gasteiger partial charge in [0, 0.05) is 5.92 Å². The summed E-state index contributed by atoms with van der Waals surface area (Å²) in [6.07, 6.45) is 5.15. The Morgan fingerprint density at radius 1 is 1.15 bits per heavy atom. The molecule has 2 bridgehead atoms. The number of carboxylic acid groups (broad SMARTS) is 1. The van der Waals surface area contributed by atoms with E-state index in [1.54, 1.807) is 14.2 Å². The van der Waals surface area contributed by atoms with Gasteiger partial charge in [-0.3, -0.25) is 4.79 Å². The molecule has 0 amide bonds. The average molecular weight is 274 g/mol. The molecular weight excluding hydrogens is 256 g/mol. The second-order valence-electron chi connectivity index (χ2n) is 5.45. The van der Waals surface area contributed by atoms with Crippen molar-refractivity contribution in [2.45, 2.75) is 12.3 Å². The van der Waals surface area contributed by atoms with Crippen LogP contribution in [0.15, 0.2) is 30.4 Å². The Kier molecular flexibility index (Phi) is 3.16. The maximum Gasteiger partial charge on any atom is 0.307 e. The van der Waals surface area contributed by atoms with Gasteiger partial charge < -0.3 is 14.6 Å². The van der Waals surface area contributed by atoms with Crippen LogP contribution in [-0.2, 0) is 4.79 Å². The van der Waals surface area contributed by atoms with E-state index in [9.17, 15) is 9.90 Å². The summed E-state index contributed by atoms with van der Waals surface area (Å²) < 4.78 is 10.6. The Balaban J connectivity index is 2.00. The number of aliphatic carboxylic acids is 1. The summed E-state index contributed by atoms with van der Waals surface area (Å²) in [5.74, 6) is 0.796. The van der Waals surface area contributed by atoms with E-state index in [0.717, 1.165) is 12.0 Å². The van der Waals surface area contributed by atoms with Crippen LogP contribution in [-0.4, -0.2) is 25.3 Å². The number of carboxylic acids is 1. The third-order valence-electron chi connectivity index (χ3n) is 4.54. The van der Waals surface area contributed by atoms with E-state index in [4.69, 9.17) is 9.47 Å². The summed E-state index contributed by atoms with van der Waals surface area (Å²) in [5, 5.41) is 9.50. The van der Waals surface area contributed by atoms with Crippen LogP contribution in [0.3, 0.4) is 0 Å². The van der Waals surface area contributed by atoms with Crippen LogP contribution in [0.5, 0.6) is 11.5 Å². The predicted octanol–water partition coefficient (Wildman–Crippen LogP) is 2.69. The molecule has 2 aliphatic carbocycles. The number of benzene rings is 1. The van der Waals surface area contributed by atoms with Gasteiger partial charge in [-0.1, -0.05) is 18.2 Å². The van der Waals surface area contributed by atoms with Crippen molar-refractivity contribution in [1.82, 2.24) is 0 Å². The molecule has 1 fully saturated rings. The zero-order chi connectivity index (χ0) is 14.3. The maximum atomic E-state index is 11.6. The van der Waals surface area contributed by atoms with Crippen LogP contribution in [0.4, 0.5) is 0 Å². The van der Waals surface area contributed by atoms with Gasteiger partial charge in [0.05, 0.1) is 20.1 Å². The molecule has 0 saturated heterocycles. The first-order valence-corrected chi connectivity index (χ1v) is 6.78. The largest absolute Gasteiger partial charge is 0.493 e. The van der Waals surface area contributed by atoms with Crippen molar-refractivity contribution in [3.05, 3.63) is 35.9 Å². The first-order chi connectivity index (χ1) is 9.65. The molecule has 2 unspecified atom stereocenters. The summed E-state index contributed by atoms with van der Waals surface area (Å²) >= 11 is 0. The highest BCUT2D eigenvalue weighted by atomic mass is 16.5. The van der Waals surface area contributed by atoms with E-state index in [0.29, 0.717) is 17.4 Å². The molecule has 3 rings (SSSR count). The highest BCUT2D eigenvalue weighted by Gasteiger charge is 2.48. The number of fused-ring (bicyclic) bond motifs is 2. The second kappa shape index (κ2) is 4.85. The van der Waals surface area contributed by atoms with Crippen LogP contribution in [0.25, 0.3) is 0 Å². The quantitative estimate of drug-likeness (QED) is 0.858. The fourth-order valence-electron chi connectivity index (χ4n) is 3.67. The zero-order valence-corrected chi connectivity index (χ0v) is 11.6. The topological polar surface area (TPSA) is 55.8 Å². The average Bonchev–Trinajstić information content (AvgIpc) is 3.06. The minimum Gasteiger partial charge on any atom is -0.493 e. The molecule has 20 heavy (non-hydrogen) atoms. The predicted molar refractivity (Wildman–Crippen MR) is 74.1 cm³/mol. The zero-order valence-electron chi connectivity index (χ0n) is 11.6. The summed E-state index contributed by atoms with van der Waals surface area (Å²) in [7, 11) is 3.19. The van der Waals surface area contributed by atoms with Crippen molar-refractivity contribution in [3.8, 4) is 11.5 Å². The number of allylic oxidation sites excluding steroid dienone is 2. The molecule has 0 aliphatic heterocycles. The molecular formula is C16H18O4. The van der Waals surface area contributed by atoms with Crippen LogP contribution in [0.1, 0.15) is 17.9 Å². The molecule has 1 aromatic carbocycles. The molecule has 1 saturated carbocycles. The number of hydrogen-bond acceptors (Lipinski definition) is 3. The van der Waals surface area contributed by atoms with Gasteiger partial charge in [0.15, 0.2) is 11.5 Å². The molecule has 0 spiro atoms. The molecule has 106 valence electrons. The monoisotopic (exact) mass is 274 g/mol. The Morgan fingerprint density at radius 3 is 2.50 bits per heavy atom. The third kappa shape index (κ3) is 1.87. The first kappa shape index (κ1) is 13.0. The van der Waals surface area contributed by atoms with Gasteiger partial charge in [-0.05, 0) is 36.0 Å². The van der Waals surface area contributed by atoms with Gasteiger partial charge in [-0.25, -0.2) is 0 Å². The summed E-state index contributed by atoms with van der Waals surface area (Å²) in [6.45, 7) is 0. The van der Waals surface area contributed by atoms with Crippen molar-refractivity contribution in [1.29, 1.82) is 0 Å². The lowest BCUT2D eigenvalue weighted by molar-refractivity contribution is -0.143. The fraction of sp³-hybridized carbons (Fsp3) is 0.438. The fourth-order valence-corrected chi connectivity index (χ4v) is 3.67. The van der Waals surface area contributed by atoms with E-state index in [1.807, 2.05) is 18.2 Å². The Hall–Kier alpha value is -1.97. The molecule has 1 N–H and O–H groups in total. The Morgan fingerprint density at radius 2 is 1.85 bits per heavy atom. The van der Waals surface area contributed by atoms with Gasteiger partial charge in [0.1, 0.15) is 0 Å². The molecule has 0 heterocycles. The van der Waals surface area contributed by atoms with E-state index < -0.39 is 5.97 Å². The van der Waals surface area contributed by atoms with E-state index >= 15 is 0 Å². The van der Waals surface area contributed by atoms with Crippen molar-refractivity contribution in [2.24, 2.45) is 17.8 Å². The standard InChI is InChI=1S/C16H18O4/c1-19-12-6-5-11(8-13(12)20-2)14-9-3-4-10(7-9)15(14)16(17)18/h3-6,8-10,14-15H,7H2,1-2H3,(H,17,18)/t9-,10-,14?,15?/m0/s1. The van der Waals surface area contributed by atoms with Gasteiger partial charge in [0.25, 0.3) is 0 Å². The van der Waals surface area contributed by atoms with E-state index in [2.05, 4.69) is 12.2 Å². The lowest BCUT2D eigenvalue weighted by Gasteiger charge is -2.25. The molecule has 2 aliphatic rings. The molecule has 0 aromatic heterocycles. The molecule has 4 atom stereocenters. The smallest absolute Gasteiger partial charge is 0.307 e. The Labute approximate surface area is 118 Å². The highest BCUT2D eigenvalue weighted by molar-refractivity contribution is 5.73. The van der Waals surface area contributed by atoms with Crippen LogP contribution in [0.2, 0.25) is 0 Å². The third-order valence-corrected chi connectivity index (χ3v) is 4.54. The SMILES string of the molecule is COc1ccc(C2C(C(=O)O)[C@H]3C=C[C@H]2C3)cc1OC. The first-order valence-electron chi connectivity index (χ1n) is 6.78. The summed E-state index contributed by atoms with van der Waals surface area (Å²) in [4.78, 5) is 11.6. The Bertz CT molecular complexity index is 564. The summed E-state index contributed by atoms with van der Waals surface area (Å²) in [5.41, 5.74) is 1.02. The molecule has 4 nitrogen and oxygen atoms in total. The van der Waals surface area contributed by atoms with Crippen LogP contribution in [0, 0.1) is 17.8 Å². The number of hydrogen-bond donors (Lipinski definition) is 1. The van der Waals surface area contributed by atoms with Crippen molar-refractivity contribution in [2.75, 3.05) is 14.2 Å². The van der Waals surface area contributed by atoms with Gasteiger partial charge in [-0.2, -0.15) is 0 Å².